The number of hydrogen-bond acceptors (Lipinski definition) is 5. The topological polar surface area (TPSA) is 73.9 Å². The molecule has 0 saturated carbocycles. The molecule has 1 N–H and O–H groups in total. The van der Waals surface area contributed by atoms with Gasteiger partial charge in [-0.2, -0.15) is 0 Å². The second kappa shape index (κ2) is 7.76. The Bertz CT molecular complexity index is 936. The van der Waals surface area contributed by atoms with Crippen LogP contribution in [0, 0.1) is 13.8 Å². The monoisotopic (exact) mass is 381 g/mol. The third-order valence-corrected chi connectivity index (χ3v) is 4.47. The summed E-state index contributed by atoms with van der Waals surface area (Å²) >= 11 is 0. The number of carbonyl (C=O) groups is 2. The minimum atomic E-state index is -0.737. The maximum atomic E-state index is 12.3. The van der Waals surface area contributed by atoms with Crippen molar-refractivity contribution in [3.63, 3.8) is 0 Å². The van der Waals surface area contributed by atoms with Crippen molar-refractivity contribution in [3.8, 4) is 11.5 Å². The fraction of sp³-hybridized carbons (Fsp3) is 0.273. The van der Waals surface area contributed by atoms with Crippen molar-refractivity contribution in [2.45, 2.75) is 33.3 Å². The maximum Gasteiger partial charge on any atom is 0.417 e. The quantitative estimate of drug-likeness (QED) is 0.781. The van der Waals surface area contributed by atoms with Gasteiger partial charge in [-0.15, -0.1) is 0 Å². The second-order valence-electron chi connectivity index (χ2n) is 6.96. The Morgan fingerprint density at radius 1 is 1.18 bits per heavy atom. The summed E-state index contributed by atoms with van der Waals surface area (Å²) in [5.74, 6) is 0.791. The number of ether oxygens (including phenoxy) is 3. The standard InChI is InChI=1S/C22H23NO5/c1-14-12-19-18(10-11-22(4,28-19)13-26-16(3)24)15(2)20(14)23-21(25)27-17-8-6-5-7-9-17/h5-12H,13H2,1-4H3,(H,23,25). The molecule has 0 radical (unpaired) electrons. The molecular weight excluding hydrogens is 358 g/mol. The van der Waals surface area contributed by atoms with Crippen molar-refractivity contribution < 1.29 is 23.8 Å². The Kier molecular flexibility index (Phi) is 5.40. The van der Waals surface area contributed by atoms with E-state index in [1.54, 1.807) is 24.3 Å². The summed E-state index contributed by atoms with van der Waals surface area (Å²) in [5.41, 5.74) is 2.51. The Hall–Kier alpha value is -3.28. The molecular formula is C22H23NO5. The first kappa shape index (κ1) is 19.5. The van der Waals surface area contributed by atoms with Gasteiger partial charge in [-0.05, 0) is 56.2 Å². The number of para-hydroxylation sites is 1. The highest BCUT2D eigenvalue weighted by molar-refractivity contribution is 5.90. The van der Waals surface area contributed by atoms with E-state index in [9.17, 15) is 9.59 Å². The normalized spacial score (nSPS) is 17.3. The summed E-state index contributed by atoms with van der Waals surface area (Å²) in [5, 5.41) is 2.82. The van der Waals surface area contributed by atoms with Gasteiger partial charge in [0.1, 0.15) is 18.1 Å². The van der Waals surface area contributed by atoms with Gasteiger partial charge in [0.2, 0.25) is 0 Å². The minimum absolute atomic E-state index is 0.125. The molecule has 146 valence electrons. The predicted molar refractivity (Wildman–Crippen MR) is 107 cm³/mol. The smallest absolute Gasteiger partial charge is 0.417 e. The van der Waals surface area contributed by atoms with Gasteiger partial charge in [-0.3, -0.25) is 10.1 Å². The number of carbonyl (C=O) groups excluding carboxylic acids is 2. The van der Waals surface area contributed by atoms with Crippen LogP contribution in [0.2, 0.25) is 0 Å². The van der Waals surface area contributed by atoms with E-state index in [4.69, 9.17) is 14.2 Å². The van der Waals surface area contributed by atoms with E-state index in [2.05, 4.69) is 5.32 Å². The molecule has 6 nitrogen and oxygen atoms in total. The molecule has 0 saturated heterocycles. The SMILES string of the molecule is CC(=O)OCC1(C)C=Cc2c(cc(C)c(NC(=O)Oc3ccccc3)c2C)O1. The molecule has 2 aromatic rings. The van der Waals surface area contributed by atoms with Gasteiger partial charge in [0.15, 0.2) is 5.60 Å². The predicted octanol–water partition coefficient (Wildman–Crippen LogP) is 4.64. The van der Waals surface area contributed by atoms with Crippen molar-refractivity contribution in [2.24, 2.45) is 0 Å². The van der Waals surface area contributed by atoms with Crippen molar-refractivity contribution in [1.82, 2.24) is 0 Å². The fourth-order valence-corrected chi connectivity index (χ4v) is 3.04. The first-order valence-electron chi connectivity index (χ1n) is 8.97. The van der Waals surface area contributed by atoms with Gasteiger partial charge >= 0.3 is 12.1 Å². The zero-order chi connectivity index (χ0) is 20.3. The molecule has 1 heterocycles. The van der Waals surface area contributed by atoms with Crippen LogP contribution in [0.25, 0.3) is 6.08 Å². The molecule has 0 spiro atoms. The highest BCUT2D eigenvalue weighted by Crippen LogP contribution is 2.38. The summed E-state index contributed by atoms with van der Waals surface area (Å²) in [6.45, 7) is 7.14. The maximum absolute atomic E-state index is 12.3. The minimum Gasteiger partial charge on any atom is -0.479 e. The van der Waals surface area contributed by atoms with Crippen LogP contribution in [0.15, 0.2) is 42.5 Å². The van der Waals surface area contributed by atoms with Crippen LogP contribution in [0.4, 0.5) is 10.5 Å². The summed E-state index contributed by atoms with van der Waals surface area (Å²) in [6, 6.07) is 10.7. The third kappa shape index (κ3) is 4.34. The Balaban J connectivity index is 1.80. The molecule has 1 aliphatic heterocycles. The Labute approximate surface area is 164 Å². The van der Waals surface area contributed by atoms with Crippen LogP contribution in [0.1, 0.15) is 30.5 Å². The first-order chi connectivity index (χ1) is 13.3. The van der Waals surface area contributed by atoms with Crippen LogP contribution >= 0.6 is 0 Å². The van der Waals surface area contributed by atoms with Gasteiger partial charge < -0.3 is 14.2 Å². The zero-order valence-corrected chi connectivity index (χ0v) is 16.4. The molecule has 2 aromatic carbocycles. The highest BCUT2D eigenvalue weighted by Gasteiger charge is 2.30. The van der Waals surface area contributed by atoms with E-state index >= 15 is 0 Å². The van der Waals surface area contributed by atoms with E-state index in [0.717, 1.165) is 16.7 Å². The molecule has 0 aliphatic carbocycles. The average molecular weight is 381 g/mol. The number of aryl methyl sites for hydroxylation is 1. The molecule has 1 aliphatic rings. The van der Waals surface area contributed by atoms with Gasteiger partial charge in [0, 0.05) is 12.5 Å². The Morgan fingerprint density at radius 3 is 2.57 bits per heavy atom. The lowest BCUT2D eigenvalue weighted by Crippen LogP contribution is -2.38. The zero-order valence-electron chi connectivity index (χ0n) is 16.4. The number of anilines is 1. The summed E-state index contributed by atoms with van der Waals surface area (Å²) < 4.78 is 16.5. The molecule has 0 fully saturated rings. The van der Waals surface area contributed by atoms with Gasteiger partial charge in [0.05, 0.1) is 5.69 Å². The molecule has 6 heteroatoms. The van der Waals surface area contributed by atoms with E-state index in [-0.39, 0.29) is 12.6 Å². The third-order valence-electron chi connectivity index (χ3n) is 4.47. The van der Waals surface area contributed by atoms with Crippen LogP contribution < -0.4 is 14.8 Å². The first-order valence-corrected chi connectivity index (χ1v) is 8.97. The van der Waals surface area contributed by atoms with E-state index in [1.165, 1.54) is 6.92 Å². The molecule has 1 atom stereocenters. The summed E-state index contributed by atoms with van der Waals surface area (Å²) in [6.07, 6.45) is 3.22. The van der Waals surface area contributed by atoms with E-state index < -0.39 is 11.7 Å². The molecule has 28 heavy (non-hydrogen) atoms. The molecule has 1 amide bonds. The van der Waals surface area contributed by atoms with Crippen molar-refractivity contribution in [2.75, 3.05) is 11.9 Å². The van der Waals surface area contributed by atoms with Crippen LogP contribution in [0.3, 0.4) is 0 Å². The van der Waals surface area contributed by atoms with Crippen LogP contribution in [-0.2, 0) is 9.53 Å². The van der Waals surface area contributed by atoms with E-state index in [1.807, 2.05) is 45.1 Å². The number of benzene rings is 2. The number of fused-ring (bicyclic) bond motifs is 1. The van der Waals surface area contributed by atoms with Crippen molar-refractivity contribution in [3.05, 3.63) is 59.2 Å². The van der Waals surface area contributed by atoms with Crippen LogP contribution in [0.5, 0.6) is 11.5 Å². The molecule has 3 rings (SSSR count). The van der Waals surface area contributed by atoms with Gasteiger partial charge in [-0.25, -0.2) is 4.79 Å². The van der Waals surface area contributed by atoms with Crippen molar-refractivity contribution >= 4 is 23.8 Å². The number of hydrogen-bond donors (Lipinski definition) is 1. The Morgan fingerprint density at radius 2 is 1.89 bits per heavy atom. The van der Waals surface area contributed by atoms with E-state index in [0.29, 0.717) is 17.2 Å². The molecule has 1 unspecified atom stereocenters. The van der Waals surface area contributed by atoms with Crippen molar-refractivity contribution in [1.29, 1.82) is 0 Å². The fourth-order valence-electron chi connectivity index (χ4n) is 3.04. The highest BCUT2D eigenvalue weighted by atomic mass is 16.6. The van der Waals surface area contributed by atoms with Gasteiger partial charge in [0.25, 0.3) is 0 Å². The molecule has 0 bridgehead atoms. The summed E-state index contributed by atoms with van der Waals surface area (Å²) in [4.78, 5) is 23.4. The lowest BCUT2D eigenvalue weighted by atomic mass is 9.95. The summed E-state index contributed by atoms with van der Waals surface area (Å²) in [7, 11) is 0. The number of esters is 1. The lowest BCUT2D eigenvalue weighted by molar-refractivity contribution is -0.145. The average Bonchev–Trinajstić information content (AvgIpc) is 2.64. The van der Waals surface area contributed by atoms with Crippen LogP contribution in [-0.4, -0.2) is 24.3 Å². The number of rotatable bonds is 4. The second-order valence-corrected chi connectivity index (χ2v) is 6.96. The largest absolute Gasteiger partial charge is 0.479 e. The lowest BCUT2D eigenvalue weighted by Gasteiger charge is -2.32. The molecule has 0 aromatic heterocycles. The number of amides is 1. The van der Waals surface area contributed by atoms with Gasteiger partial charge in [-0.1, -0.05) is 24.3 Å². The number of nitrogens with one attached hydrogen (secondary N) is 1.